The van der Waals surface area contributed by atoms with Gasteiger partial charge in [-0.3, -0.25) is 4.79 Å². The summed E-state index contributed by atoms with van der Waals surface area (Å²) in [5, 5.41) is 11.1. The summed E-state index contributed by atoms with van der Waals surface area (Å²) < 4.78 is 11.3. The summed E-state index contributed by atoms with van der Waals surface area (Å²) in [5.74, 6) is 2.38. The van der Waals surface area contributed by atoms with Gasteiger partial charge in [-0.2, -0.15) is 0 Å². The van der Waals surface area contributed by atoms with E-state index in [1.165, 1.54) is 5.56 Å². The van der Waals surface area contributed by atoms with Gasteiger partial charge in [0.1, 0.15) is 0 Å². The molecule has 6 bridgehead atoms. The van der Waals surface area contributed by atoms with Crippen molar-refractivity contribution in [3.8, 4) is 11.5 Å². The summed E-state index contributed by atoms with van der Waals surface area (Å²) >= 11 is 1.85. The first kappa shape index (κ1) is 14.3. The van der Waals surface area contributed by atoms with E-state index in [2.05, 4.69) is 6.07 Å². The fourth-order valence-corrected chi connectivity index (χ4v) is 5.65. The van der Waals surface area contributed by atoms with Gasteiger partial charge >= 0.3 is 0 Å². The Kier molecular flexibility index (Phi) is 2.93. The maximum atomic E-state index is 12.5. The van der Waals surface area contributed by atoms with Crippen molar-refractivity contribution in [2.24, 2.45) is 11.8 Å². The number of hydrogen-bond acceptors (Lipinski definition) is 4. The molecular weight excluding hydrogens is 407 g/mol. The van der Waals surface area contributed by atoms with Crippen molar-refractivity contribution in [2.45, 2.75) is 43.3 Å². The normalized spacial score (nSPS) is 39.5. The van der Waals surface area contributed by atoms with Crippen LogP contribution in [0.1, 0.15) is 36.3 Å². The number of carbonyl (C=O) groups is 1. The lowest BCUT2D eigenvalue weighted by atomic mass is 9.79. The Bertz CT molecular complexity index is 743. The molecule has 5 rings (SSSR count). The van der Waals surface area contributed by atoms with Crippen LogP contribution in [0, 0.1) is 11.8 Å². The molecule has 5 heteroatoms. The van der Waals surface area contributed by atoms with Gasteiger partial charge in [-0.05, 0) is 60.8 Å². The Morgan fingerprint density at radius 2 is 2.22 bits per heavy atom. The summed E-state index contributed by atoms with van der Waals surface area (Å²) in [4.78, 5) is 12.5. The van der Waals surface area contributed by atoms with Gasteiger partial charge in [-0.1, -0.05) is 6.07 Å². The summed E-state index contributed by atoms with van der Waals surface area (Å²) in [7, 11) is 0. The molecule has 4 aliphatic rings. The highest BCUT2D eigenvalue weighted by Gasteiger charge is 2.57. The molecule has 0 spiro atoms. The molecular formula is C18H17IO4. The lowest BCUT2D eigenvalue weighted by Gasteiger charge is -2.30. The highest BCUT2D eigenvalue weighted by molar-refractivity contribution is 14.1. The third-order valence-corrected chi connectivity index (χ3v) is 6.70. The van der Waals surface area contributed by atoms with Crippen molar-refractivity contribution < 1.29 is 17.7 Å². The molecule has 5 atom stereocenters. The molecule has 0 amide bonds. The molecule has 0 aromatic heterocycles. The lowest BCUT2D eigenvalue weighted by molar-refractivity contribution is -0.120. The molecule has 0 saturated heterocycles. The number of ether oxygens (including phenoxy) is 1. The minimum absolute atomic E-state index is 0.0683. The van der Waals surface area contributed by atoms with Crippen LogP contribution in [-0.2, 0) is 11.2 Å². The Balaban J connectivity index is 1.74. The molecule has 0 radical (unpaired) electrons. The maximum Gasteiger partial charge on any atom is 0.196 e. The van der Waals surface area contributed by atoms with Crippen molar-refractivity contribution >= 4 is 28.8 Å². The quantitative estimate of drug-likeness (QED) is 0.705. The second kappa shape index (κ2) is 4.72. The zero-order valence-corrected chi connectivity index (χ0v) is 14.7. The topological polar surface area (TPSA) is 55.8 Å². The SMILES string of the molecule is O=C1C=CC2(O)CC3CC[C@@H]2C3c2ccc(OI)c3c2CC1O3. The predicted octanol–water partition coefficient (Wildman–Crippen LogP) is 3.10. The number of benzene rings is 1. The molecule has 3 aliphatic carbocycles. The van der Waals surface area contributed by atoms with Gasteiger partial charge in [0.05, 0.1) is 5.60 Å². The number of ketones is 1. The number of aliphatic hydroxyl groups is 1. The Morgan fingerprint density at radius 1 is 1.35 bits per heavy atom. The third kappa shape index (κ3) is 1.83. The van der Waals surface area contributed by atoms with Gasteiger partial charge in [0, 0.05) is 12.0 Å². The van der Waals surface area contributed by atoms with Crippen LogP contribution in [0.3, 0.4) is 0 Å². The first-order valence-electron chi connectivity index (χ1n) is 8.17. The van der Waals surface area contributed by atoms with Crippen LogP contribution in [0.25, 0.3) is 0 Å². The van der Waals surface area contributed by atoms with E-state index in [0.29, 0.717) is 24.0 Å². The number of carbonyl (C=O) groups excluding carboxylic acids is 1. The van der Waals surface area contributed by atoms with E-state index >= 15 is 0 Å². The Labute approximate surface area is 148 Å². The first-order valence-corrected chi connectivity index (χ1v) is 9.05. The zero-order valence-electron chi connectivity index (χ0n) is 12.5. The van der Waals surface area contributed by atoms with Gasteiger partial charge in [-0.25, -0.2) is 0 Å². The Hall–Kier alpha value is -1.08. The summed E-state index contributed by atoms with van der Waals surface area (Å²) in [6, 6.07) is 4.06. The molecule has 23 heavy (non-hydrogen) atoms. The van der Waals surface area contributed by atoms with Gasteiger partial charge in [0.15, 0.2) is 46.4 Å². The van der Waals surface area contributed by atoms with E-state index < -0.39 is 11.7 Å². The van der Waals surface area contributed by atoms with Crippen LogP contribution in [0.15, 0.2) is 24.3 Å². The highest BCUT2D eigenvalue weighted by Crippen LogP contribution is 2.61. The highest BCUT2D eigenvalue weighted by atomic mass is 127. The molecule has 1 N–H and O–H groups in total. The van der Waals surface area contributed by atoms with Crippen LogP contribution in [0.2, 0.25) is 0 Å². The molecule has 4 unspecified atom stereocenters. The van der Waals surface area contributed by atoms with E-state index in [4.69, 9.17) is 7.80 Å². The van der Waals surface area contributed by atoms with Gasteiger partial charge in [0.2, 0.25) is 0 Å². The minimum Gasteiger partial charge on any atom is -0.478 e. The van der Waals surface area contributed by atoms with Crippen LogP contribution in [-0.4, -0.2) is 22.6 Å². The predicted molar refractivity (Wildman–Crippen MR) is 91.9 cm³/mol. The summed E-state index contributed by atoms with van der Waals surface area (Å²) in [5.41, 5.74) is 1.52. The number of rotatable bonds is 1. The molecule has 1 aromatic rings. The first-order chi connectivity index (χ1) is 11.1. The van der Waals surface area contributed by atoms with E-state index in [1.54, 1.807) is 12.2 Å². The fourth-order valence-electron chi connectivity index (χ4n) is 5.30. The van der Waals surface area contributed by atoms with E-state index in [0.717, 1.165) is 30.6 Å². The van der Waals surface area contributed by atoms with Crippen molar-refractivity contribution in [1.82, 2.24) is 0 Å². The number of halogens is 1. The molecule has 4 nitrogen and oxygen atoms in total. The van der Waals surface area contributed by atoms with Gasteiger partial charge < -0.3 is 12.9 Å². The second-order valence-electron chi connectivity index (χ2n) is 7.25. The average molecular weight is 424 g/mol. The molecule has 1 aromatic carbocycles. The van der Waals surface area contributed by atoms with E-state index in [9.17, 15) is 9.90 Å². The van der Waals surface area contributed by atoms with E-state index in [1.807, 2.05) is 29.1 Å². The van der Waals surface area contributed by atoms with Crippen molar-refractivity contribution in [3.05, 3.63) is 35.4 Å². The summed E-state index contributed by atoms with van der Waals surface area (Å²) in [6.45, 7) is 0. The minimum atomic E-state index is -0.842. The van der Waals surface area contributed by atoms with Crippen molar-refractivity contribution in [3.63, 3.8) is 0 Å². The number of hydrogen-bond donors (Lipinski definition) is 1. The number of fused-ring (bicyclic) bond motifs is 1. The Morgan fingerprint density at radius 3 is 3.04 bits per heavy atom. The van der Waals surface area contributed by atoms with Crippen LogP contribution >= 0.6 is 23.0 Å². The molecule has 120 valence electrons. The average Bonchev–Trinajstić information content (AvgIpc) is 3.22. The zero-order chi connectivity index (χ0) is 15.8. The fraction of sp³-hybridized carbons (Fsp3) is 0.500. The van der Waals surface area contributed by atoms with Crippen LogP contribution < -0.4 is 7.80 Å². The molecule has 2 fully saturated rings. The smallest absolute Gasteiger partial charge is 0.196 e. The van der Waals surface area contributed by atoms with Crippen LogP contribution in [0.4, 0.5) is 0 Å². The maximum absolute atomic E-state index is 12.5. The standard InChI is InChI=1S/C18H17IO4/c19-23-14-4-2-10-11-7-15(22-17(11)14)13(20)5-6-18(21)8-9-1-3-12(18)16(9)10/h2,4-6,9,12,15-16,21H,1,3,7-8H2/t9?,12-,15?,16?,18?/m1/s1. The largest absolute Gasteiger partial charge is 0.478 e. The summed E-state index contributed by atoms with van der Waals surface area (Å²) in [6.07, 6.45) is 6.34. The van der Waals surface area contributed by atoms with Crippen molar-refractivity contribution in [1.29, 1.82) is 0 Å². The monoisotopic (exact) mass is 424 g/mol. The molecule has 1 aliphatic heterocycles. The molecule has 1 heterocycles. The van der Waals surface area contributed by atoms with Gasteiger partial charge in [-0.15, -0.1) is 0 Å². The second-order valence-corrected chi connectivity index (χ2v) is 7.69. The van der Waals surface area contributed by atoms with Crippen molar-refractivity contribution in [2.75, 3.05) is 0 Å². The van der Waals surface area contributed by atoms with E-state index in [-0.39, 0.29) is 11.7 Å². The van der Waals surface area contributed by atoms with Crippen LogP contribution in [0.5, 0.6) is 11.5 Å². The third-order valence-electron chi connectivity index (χ3n) is 6.23. The van der Waals surface area contributed by atoms with Gasteiger partial charge in [0.25, 0.3) is 0 Å². The lowest BCUT2D eigenvalue weighted by Crippen LogP contribution is -2.34. The molecule has 2 saturated carbocycles.